The summed E-state index contributed by atoms with van der Waals surface area (Å²) in [4.78, 5) is 30.9. The lowest BCUT2D eigenvalue weighted by atomic mass is 9.88. The SMILES string of the molecule is CCC(Cc1ccccc1N(C)C)C(=O)c1ccc(-c2ccc(N3CCN(CCC(=O)O)CC3)cc2)cc1. The van der Waals surface area contributed by atoms with Crippen LogP contribution in [-0.4, -0.2) is 68.6 Å². The van der Waals surface area contributed by atoms with E-state index in [1.54, 1.807) is 0 Å². The highest BCUT2D eigenvalue weighted by atomic mass is 16.4. The number of ketones is 1. The van der Waals surface area contributed by atoms with Crippen molar-refractivity contribution >= 4 is 23.1 Å². The molecule has 0 bridgehead atoms. The Bertz CT molecular complexity index is 1210. The smallest absolute Gasteiger partial charge is 0.304 e. The van der Waals surface area contributed by atoms with Gasteiger partial charge >= 0.3 is 5.97 Å². The van der Waals surface area contributed by atoms with Crippen LogP contribution in [0.5, 0.6) is 0 Å². The summed E-state index contributed by atoms with van der Waals surface area (Å²) in [7, 11) is 4.08. The van der Waals surface area contributed by atoms with E-state index in [0.717, 1.165) is 61.4 Å². The Morgan fingerprint density at radius 1 is 0.868 bits per heavy atom. The van der Waals surface area contributed by atoms with Crippen LogP contribution in [0.15, 0.2) is 72.8 Å². The number of para-hydroxylation sites is 1. The molecule has 1 aliphatic heterocycles. The number of carbonyl (C=O) groups is 2. The number of Topliss-reactive ketones (excluding diaryl/α,β-unsaturated/α-hetero) is 1. The minimum absolute atomic E-state index is 0.0502. The number of hydrogen-bond donors (Lipinski definition) is 1. The summed E-state index contributed by atoms with van der Waals surface area (Å²) in [5.41, 5.74) is 6.54. The van der Waals surface area contributed by atoms with Crippen molar-refractivity contribution < 1.29 is 14.7 Å². The number of aliphatic carboxylic acids is 1. The lowest BCUT2D eigenvalue weighted by molar-refractivity contribution is -0.137. The fourth-order valence-corrected chi connectivity index (χ4v) is 5.22. The van der Waals surface area contributed by atoms with Gasteiger partial charge in [-0.2, -0.15) is 0 Å². The molecule has 0 aliphatic carbocycles. The second-order valence-corrected chi connectivity index (χ2v) is 10.3. The van der Waals surface area contributed by atoms with Crippen molar-refractivity contribution in [3.63, 3.8) is 0 Å². The Balaban J connectivity index is 1.37. The monoisotopic (exact) mass is 513 g/mol. The summed E-state index contributed by atoms with van der Waals surface area (Å²) in [5.74, 6) is -0.590. The molecule has 0 radical (unpaired) electrons. The van der Waals surface area contributed by atoms with Gasteiger partial charge in [-0.15, -0.1) is 0 Å². The maximum atomic E-state index is 13.4. The number of carbonyl (C=O) groups excluding carboxylic acids is 1. The Morgan fingerprint density at radius 3 is 2.05 bits per heavy atom. The van der Waals surface area contributed by atoms with E-state index in [4.69, 9.17) is 5.11 Å². The Hall–Kier alpha value is -3.64. The molecular weight excluding hydrogens is 474 g/mol. The third kappa shape index (κ3) is 6.81. The van der Waals surface area contributed by atoms with Crippen LogP contribution in [0.1, 0.15) is 35.7 Å². The van der Waals surface area contributed by atoms with Crippen molar-refractivity contribution in [1.82, 2.24) is 4.90 Å². The molecule has 1 atom stereocenters. The van der Waals surface area contributed by atoms with Crippen LogP contribution in [0.25, 0.3) is 11.1 Å². The van der Waals surface area contributed by atoms with Crippen LogP contribution in [0.3, 0.4) is 0 Å². The van der Waals surface area contributed by atoms with Gasteiger partial charge < -0.3 is 14.9 Å². The van der Waals surface area contributed by atoms with Crippen molar-refractivity contribution in [1.29, 1.82) is 0 Å². The van der Waals surface area contributed by atoms with Crippen molar-refractivity contribution in [2.75, 3.05) is 56.6 Å². The first-order chi connectivity index (χ1) is 18.4. The molecule has 0 saturated carbocycles. The molecule has 6 heteroatoms. The van der Waals surface area contributed by atoms with Gasteiger partial charge in [0.25, 0.3) is 0 Å². The van der Waals surface area contributed by atoms with Gasteiger partial charge in [0.15, 0.2) is 5.78 Å². The van der Waals surface area contributed by atoms with Gasteiger partial charge in [0.05, 0.1) is 6.42 Å². The number of carboxylic acids is 1. The second kappa shape index (κ2) is 12.7. The molecule has 0 amide bonds. The Labute approximate surface area is 226 Å². The van der Waals surface area contributed by atoms with E-state index in [1.165, 1.54) is 11.3 Å². The second-order valence-electron chi connectivity index (χ2n) is 10.3. The van der Waals surface area contributed by atoms with Gasteiger partial charge in [0.1, 0.15) is 0 Å². The molecule has 1 fully saturated rings. The van der Waals surface area contributed by atoms with Gasteiger partial charge in [0, 0.05) is 69.7 Å². The Kier molecular flexibility index (Phi) is 9.19. The third-order valence-electron chi connectivity index (χ3n) is 7.55. The average molecular weight is 514 g/mol. The van der Waals surface area contributed by atoms with E-state index in [-0.39, 0.29) is 18.1 Å². The summed E-state index contributed by atoms with van der Waals surface area (Å²) in [5, 5.41) is 8.90. The number of benzene rings is 3. The van der Waals surface area contributed by atoms with E-state index in [2.05, 4.69) is 58.0 Å². The molecule has 0 spiro atoms. The molecule has 1 aliphatic rings. The van der Waals surface area contributed by atoms with Crippen LogP contribution in [0.4, 0.5) is 11.4 Å². The molecule has 1 saturated heterocycles. The molecular formula is C32H39N3O3. The number of anilines is 2. The third-order valence-corrected chi connectivity index (χ3v) is 7.55. The lowest BCUT2D eigenvalue weighted by Gasteiger charge is -2.36. The molecule has 3 aromatic rings. The first kappa shape index (κ1) is 27.4. The van der Waals surface area contributed by atoms with E-state index in [9.17, 15) is 9.59 Å². The predicted molar refractivity (Wildman–Crippen MR) is 155 cm³/mol. The van der Waals surface area contributed by atoms with Gasteiger partial charge in [-0.1, -0.05) is 61.5 Å². The highest BCUT2D eigenvalue weighted by Gasteiger charge is 2.21. The highest BCUT2D eigenvalue weighted by molar-refractivity contribution is 5.98. The standard InChI is InChI=1S/C32H39N3O3/c1-4-24(23-28-7-5-6-8-30(28)33(2)3)32(38)27-11-9-25(10-12-27)26-13-15-29(16-14-26)35-21-19-34(20-22-35)18-17-31(36)37/h5-16,24H,4,17-23H2,1-3H3,(H,36,37). The summed E-state index contributed by atoms with van der Waals surface area (Å²) < 4.78 is 0. The molecule has 4 rings (SSSR count). The zero-order valence-corrected chi connectivity index (χ0v) is 22.8. The average Bonchev–Trinajstić information content (AvgIpc) is 2.95. The van der Waals surface area contributed by atoms with Gasteiger partial charge in [-0.05, 0) is 47.7 Å². The molecule has 6 nitrogen and oxygen atoms in total. The van der Waals surface area contributed by atoms with E-state index < -0.39 is 5.97 Å². The molecule has 38 heavy (non-hydrogen) atoms. The molecule has 3 aromatic carbocycles. The van der Waals surface area contributed by atoms with E-state index >= 15 is 0 Å². The predicted octanol–water partition coefficient (Wildman–Crippen LogP) is 5.47. The molecule has 200 valence electrons. The van der Waals surface area contributed by atoms with Crippen molar-refractivity contribution in [3.8, 4) is 11.1 Å². The summed E-state index contributed by atoms with van der Waals surface area (Å²) >= 11 is 0. The van der Waals surface area contributed by atoms with Crippen molar-refractivity contribution in [2.45, 2.75) is 26.2 Å². The molecule has 1 heterocycles. The number of hydrogen-bond acceptors (Lipinski definition) is 5. The van der Waals surface area contributed by atoms with Crippen molar-refractivity contribution in [3.05, 3.63) is 83.9 Å². The maximum absolute atomic E-state index is 13.4. The quantitative estimate of drug-likeness (QED) is 0.343. The highest BCUT2D eigenvalue weighted by Crippen LogP contribution is 2.27. The minimum Gasteiger partial charge on any atom is -0.481 e. The summed E-state index contributed by atoms with van der Waals surface area (Å²) in [6.45, 7) is 6.25. The van der Waals surface area contributed by atoms with Gasteiger partial charge in [-0.25, -0.2) is 0 Å². The van der Waals surface area contributed by atoms with Crippen LogP contribution in [-0.2, 0) is 11.2 Å². The summed E-state index contributed by atoms with van der Waals surface area (Å²) in [6, 6.07) is 24.9. The van der Waals surface area contributed by atoms with E-state index in [1.807, 2.05) is 50.5 Å². The number of piperazine rings is 1. The van der Waals surface area contributed by atoms with Crippen molar-refractivity contribution in [2.24, 2.45) is 5.92 Å². The topological polar surface area (TPSA) is 64.1 Å². The van der Waals surface area contributed by atoms with E-state index in [0.29, 0.717) is 6.54 Å². The summed E-state index contributed by atoms with van der Waals surface area (Å²) in [6.07, 6.45) is 1.74. The normalized spacial score (nSPS) is 14.8. The minimum atomic E-state index is -0.739. The van der Waals surface area contributed by atoms with Crippen LogP contribution in [0.2, 0.25) is 0 Å². The van der Waals surface area contributed by atoms with Gasteiger partial charge in [-0.3, -0.25) is 14.5 Å². The molecule has 1 N–H and O–H groups in total. The first-order valence-electron chi connectivity index (χ1n) is 13.5. The zero-order valence-electron chi connectivity index (χ0n) is 22.8. The maximum Gasteiger partial charge on any atom is 0.304 e. The fourth-order valence-electron chi connectivity index (χ4n) is 5.22. The fraction of sp³-hybridized carbons (Fsp3) is 0.375. The first-order valence-corrected chi connectivity index (χ1v) is 13.5. The number of rotatable bonds is 11. The largest absolute Gasteiger partial charge is 0.481 e. The van der Waals surface area contributed by atoms with Crippen LogP contribution >= 0.6 is 0 Å². The number of carboxylic acid groups (broad SMARTS) is 1. The molecule has 0 aromatic heterocycles. The van der Waals surface area contributed by atoms with Crippen LogP contribution in [0, 0.1) is 5.92 Å². The number of nitrogens with zero attached hydrogens (tertiary/aromatic N) is 3. The van der Waals surface area contributed by atoms with Crippen LogP contribution < -0.4 is 9.80 Å². The molecule has 1 unspecified atom stereocenters. The zero-order chi connectivity index (χ0) is 27.1. The van der Waals surface area contributed by atoms with Gasteiger partial charge in [0.2, 0.25) is 0 Å². The lowest BCUT2D eigenvalue weighted by Crippen LogP contribution is -2.46. The Morgan fingerprint density at radius 2 is 1.47 bits per heavy atom.